The van der Waals surface area contributed by atoms with Crippen molar-refractivity contribution in [2.24, 2.45) is 0 Å². The molecule has 0 nitrogen and oxygen atoms in total. The second-order valence-corrected chi connectivity index (χ2v) is 1.71. The van der Waals surface area contributed by atoms with E-state index in [1.54, 1.807) is 0 Å². The fraction of sp³-hybridized carbons (Fsp3) is 1.00. The van der Waals surface area contributed by atoms with E-state index in [1.165, 1.54) is 25.7 Å². The second kappa shape index (κ2) is 10.5. The molecule has 7 heavy (non-hydrogen) atoms. The molecule has 0 aromatic heterocycles. The summed E-state index contributed by atoms with van der Waals surface area (Å²) in [6, 6.07) is 0. The van der Waals surface area contributed by atoms with Crippen molar-refractivity contribution in [3.63, 3.8) is 0 Å². The molecule has 0 aliphatic carbocycles. The summed E-state index contributed by atoms with van der Waals surface area (Å²) < 4.78 is 0. The average molecular weight is 217 g/mol. The van der Waals surface area contributed by atoms with Crippen LogP contribution in [0.3, 0.4) is 0 Å². The van der Waals surface area contributed by atoms with Crippen LogP contribution in [-0.2, 0) is 0 Å². The zero-order valence-electron chi connectivity index (χ0n) is 5.18. The minimum absolute atomic E-state index is 0. The quantitative estimate of drug-likeness (QED) is 0.638. The molecule has 0 saturated heterocycles. The van der Waals surface area contributed by atoms with Gasteiger partial charge in [0.05, 0.1) is 0 Å². The maximum Gasteiger partial charge on any atom is 0 e. The summed E-state index contributed by atoms with van der Waals surface area (Å²) in [6.45, 7) is 4.46. The summed E-state index contributed by atoms with van der Waals surface area (Å²) in [5, 5.41) is 0. The molecule has 0 aliphatic heterocycles. The molecule has 0 atom stereocenters. The first-order chi connectivity index (χ1) is 2.91. The Morgan fingerprint density at radius 2 is 1.14 bits per heavy atom. The van der Waals surface area contributed by atoms with Crippen LogP contribution in [0.1, 0.15) is 39.5 Å². The maximum absolute atomic E-state index is 2.23. The SMILES string of the molecule is CCCCCC.[Xe]. The predicted molar refractivity (Wildman–Crippen MR) is 29.8 cm³/mol. The van der Waals surface area contributed by atoms with E-state index in [9.17, 15) is 0 Å². The number of unbranched alkanes of at least 4 members (excludes halogenated alkanes) is 3. The van der Waals surface area contributed by atoms with E-state index in [0.29, 0.717) is 0 Å². The monoisotopic (exact) mass is 218 g/mol. The first-order valence-corrected chi connectivity index (χ1v) is 2.91. The minimum atomic E-state index is 0. The van der Waals surface area contributed by atoms with E-state index in [-0.39, 0.29) is 48.9 Å². The van der Waals surface area contributed by atoms with Crippen LogP contribution in [0.2, 0.25) is 0 Å². The number of hydrogen-bond acceptors (Lipinski definition) is 0. The molecule has 0 bridgehead atoms. The first-order valence-electron chi connectivity index (χ1n) is 2.91. The third kappa shape index (κ3) is 11.2. The number of rotatable bonds is 3. The Labute approximate surface area is 87.1 Å². The van der Waals surface area contributed by atoms with Gasteiger partial charge in [-0.1, -0.05) is 39.5 Å². The first kappa shape index (κ1) is 11.4. The van der Waals surface area contributed by atoms with Gasteiger partial charge in [0.1, 0.15) is 0 Å². The average Bonchev–Trinajstić information content (AvgIpc) is 1.61. The summed E-state index contributed by atoms with van der Waals surface area (Å²) >= 11 is 0. The van der Waals surface area contributed by atoms with E-state index >= 15 is 0 Å². The number of hydrogen-bond donors (Lipinski definition) is 0. The molecule has 0 rings (SSSR count). The Kier molecular flexibility index (Phi) is 17.1. The van der Waals surface area contributed by atoms with Crippen molar-refractivity contribution in [2.45, 2.75) is 39.5 Å². The molecule has 46 valence electrons. The Morgan fingerprint density at radius 1 is 0.857 bits per heavy atom. The molecule has 0 fully saturated rings. The van der Waals surface area contributed by atoms with Crippen LogP contribution in [0.5, 0.6) is 0 Å². The molecule has 0 heterocycles. The molecule has 0 aromatic carbocycles. The minimum Gasteiger partial charge on any atom is -0.0654 e. The van der Waals surface area contributed by atoms with Crippen molar-refractivity contribution in [1.29, 1.82) is 0 Å². The molecule has 0 radical (unpaired) electrons. The van der Waals surface area contributed by atoms with E-state index in [4.69, 9.17) is 0 Å². The second-order valence-electron chi connectivity index (χ2n) is 1.71. The molecule has 0 spiro atoms. The fourth-order valence-corrected chi connectivity index (χ4v) is 0.500. The smallest absolute Gasteiger partial charge is 0 e. The largest absolute Gasteiger partial charge is 0.0654 e. The van der Waals surface area contributed by atoms with E-state index in [2.05, 4.69) is 13.8 Å². The Bertz CT molecular complexity index is 16.1. The van der Waals surface area contributed by atoms with Crippen LogP contribution < -0.4 is 0 Å². The third-order valence-corrected chi connectivity index (χ3v) is 0.957. The van der Waals surface area contributed by atoms with Crippen LogP contribution in [0.25, 0.3) is 0 Å². The molecule has 0 saturated carbocycles. The zero-order chi connectivity index (χ0) is 4.83. The summed E-state index contributed by atoms with van der Waals surface area (Å²) in [5.41, 5.74) is 0. The molecule has 0 aliphatic rings. The summed E-state index contributed by atoms with van der Waals surface area (Å²) in [4.78, 5) is 0. The third-order valence-electron chi connectivity index (χ3n) is 0.957. The van der Waals surface area contributed by atoms with Gasteiger partial charge in [-0.2, -0.15) is 0 Å². The standard InChI is InChI=1S/C6H14.Xe/c1-3-5-6-4-2;/h3-6H2,1-2H3;. The van der Waals surface area contributed by atoms with Crippen molar-refractivity contribution in [2.75, 3.05) is 0 Å². The van der Waals surface area contributed by atoms with Gasteiger partial charge < -0.3 is 0 Å². The molecule has 0 unspecified atom stereocenters. The molecular weight excluding hydrogens is 203 g/mol. The van der Waals surface area contributed by atoms with Crippen LogP contribution in [0.4, 0.5) is 0 Å². The molecule has 1 heteroatoms. The van der Waals surface area contributed by atoms with Gasteiger partial charge in [0, 0.05) is 48.9 Å². The zero-order valence-corrected chi connectivity index (χ0v) is 7.20. The summed E-state index contributed by atoms with van der Waals surface area (Å²) in [6.07, 6.45) is 5.54. The van der Waals surface area contributed by atoms with Gasteiger partial charge in [-0.3, -0.25) is 0 Å². The van der Waals surface area contributed by atoms with E-state index < -0.39 is 0 Å². The van der Waals surface area contributed by atoms with Gasteiger partial charge in [-0.05, 0) is 0 Å². The molecule has 0 aromatic rings. The van der Waals surface area contributed by atoms with Crippen molar-refractivity contribution >= 4 is 0 Å². The Balaban J connectivity index is 0. The van der Waals surface area contributed by atoms with Gasteiger partial charge in [-0.25, -0.2) is 0 Å². The van der Waals surface area contributed by atoms with Crippen molar-refractivity contribution < 1.29 is 48.9 Å². The Morgan fingerprint density at radius 3 is 1.29 bits per heavy atom. The van der Waals surface area contributed by atoms with Crippen molar-refractivity contribution in [3.05, 3.63) is 0 Å². The molecule has 0 amide bonds. The van der Waals surface area contributed by atoms with Gasteiger partial charge in [-0.15, -0.1) is 0 Å². The molecular formula is C6H14Xe. The van der Waals surface area contributed by atoms with Crippen LogP contribution >= 0.6 is 0 Å². The fourth-order valence-electron chi connectivity index (χ4n) is 0.500. The van der Waals surface area contributed by atoms with Crippen LogP contribution in [-0.4, -0.2) is 0 Å². The van der Waals surface area contributed by atoms with E-state index in [0.717, 1.165) is 0 Å². The molecule has 0 N–H and O–H groups in total. The van der Waals surface area contributed by atoms with Crippen LogP contribution in [0.15, 0.2) is 0 Å². The van der Waals surface area contributed by atoms with Gasteiger partial charge in [0.15, 0.2) is 0 Å². The normalized spacial score (nSPS) is 7.71. The Hall–Kier alpha value is 1.57. The van der Waals surface area contributed by atoms with E-state index in [1.807, 2.05) is 0 Å². The van der Waals surface area contributed by atoms with Crippen LogP contribution in [0, 0.1) is 48.9 Å². The van der Waals surface area contributed by atoms with Gasteiger partial charge >= 0.3 is 0 Å². The summed E-state index contributed by atoms with van der Waals surface area (Å²) in [5.74, 6) is 0. The summed E-state index contributed by atoms with van der Waals surface area (Å²) in [7, 11) is 0. The predicted octanol–water partition coefficient (Wildman–Crippen LogP) is 2.59. The topological polar surface area (TPSA) is 0 Å². The van der Waals surface area contributed by atoms with Gasteiger partial charge in [0.2, 0.25) is 0 Å². The maximum atomic E-state index is 2.23. The van der Waals surface area contributed by atoms with Crippen molar-refractivity contribution in [1.82, 2.24) is 0 Å². The van der Waals surface area contributed by atoms with Gasteiger partial charge in [0.25, 0.3) is 0 Å². The van der Waals surface area contributed by atoms with Crippen molar-refractivity contribution in [3.8, 4) is 0 Å².